The van der Waals surface area contributed by atoms with Gasteiger partial charge in [-0.2, -0.15) is 9.97 Å². The number of carbonyl (C=O) groups excluding carboxylic acids is 1. The van der Waals surface area contributed by atoms with Gasteiger partial charge in [0.2, 0.25) is 5.91 Å². The van der Waals surface area contributed by atoms with Crippen LogP contribution in [0.2, 0.25) is 0 Å². The summed E-state index contributed by atoms with van der Waals surface area (Å²) < 4.78 is 6.20. The highest BCUT2D eigenvalue weighted by atomic mass is 16.5. The number of rotatable bonds is 7. The van der Waals surface area contributed by atoms with Crippen molar-refractivity contribution >= 4 is 17.4 Å². The fourth-order valence-electron chi connectivity index (χ4n) is 6.15. The standard InChI is InChI=1S/C31H36N6O2/c1-2-29(38)35-14-16-36(17-15-35)30-26-11-10-25(37-13-12-24-8-3-4-9-28(24)37)19-27(26)33-31(34-30)39-21-23-7-5-6-22(18-23)20-32/h2-9,18,25H,1,10-17,19-21,32H2/t25-/m0/s1. The SMILES string of the molecule is C=CC(=O)N1CCN(c2nc(OCc3cccc(CN)c3)nc3c2CC[C@H](N2CCc4ccccc42)C3)CC1. The number of anilines is 2. The minimum absolute atomic E-state index is 0.0168. The first-order valence-corrected chi connectivity index (χ1v) is 13.9. The highest BCUT2D eigenvalue weighted by Gasteiger charge is 2.33. The van der Waals surface area contributed by atoms with Crippen molar-refractivity contribution in [2.75, 3.05) is 42.5 Å². The summed E-state index contributed by atoms with van der Waals surface area (Å²) in [7, 11) is 0. The van der Waals surface area contributed by atoms with Gasteiger partial charge in [0.05, 0.1) is 5.69 Å². The Kier molecular flexibility index (Phi) is 7.20. The van der Waals surface area contributed by atoms with Crippen LogP contribution in [0.3, 0.4) is 0 Å². The molecule has 2 N–H and O–H groups in total. The molecule has 39 heavy (non-hydrogen) atoms. The Morgan fingerprint density at radius 1 is 1.03 bits per heavy atom. The second-order valence-electron chi connectivity index (χ2n) is 10.6. The normalized spacial score (nSPS) is 18.5. The van der Waals surface area contributed by atoms with Crippen LogP contribution < -0.4 is 20.3 Å². The molecule has 3 heterocycles. The minimum Gasteiger partial charge on any atom is -0.459 e. The van der Waals surface area contributed by atoms with Gasteiger partial charge in [-0.1, -0.05) is 49.0 Å². The van der Waals surface area contributed by atoms with Crippen molar-refractivity contribution in [1.29, 1.82) is 0 Å². The number of amides is 1. The van der Waals surface area contributed by atoms with Gasteiger partial charge < -0.3 is 25.2 Å². The van der Waals surface area contributed by atoms with Crippen LogP contribution in [0.5, 0.6) is 6.01 Å². The molecule has 202 valence electrons. The summed E-state index contributed by atoms with van der Waals surface area (Å²) in [6, 6.07) is 17.7. The second kappa shape index (κ2) is 11.1. The summed E-state index contributed by atoms with van der Waals surface area (Å²) in [6.07, 6.45) is 5.35. The number of piperazine rings is 1. The molecule has 1 fully saturated rings. The topological polar surface area (TPSA) is 87.8 Å². The third-order valence-corrected chi connectivity index (χ3v) is 8.23. The van der Waals surface area contributed by atoms with Crippen LogP contribution in [0.15, 0.2) is 61.2 Å². The first kappa shape index (κ1) is 25.4. The van der Waals surface area contributed by atoms with Crippen LogP contribution in [-0.2, 0) is 37.2 Å². The van der Waals surface area contributed by atoms with Crippen molar-refractivity contribution in [2.24, 2.45) is 5.73 Å². The van der Waals surface area contributed by atoms with Crippen LogP contribution in [0.1, 0.15) is 34.4 Å². The molecule has 1 saturated heterocycles. The van der Waals surface area contributed by atoms with Gasteiger partial charge in [0.25, 0.3) is 0 Å². The van der Waals surface area contributed by atoms with E-state index in [0.29, 0.717) is 38.3 Å². The Bertz CT molecular complexity index is 1370. The van der Waals surface area contributed by atoms with E-state index in [4.69, 9.17) is 20.4 Å². The first-order chi connectivity index (χ1) is 19.1. The monoisotopic (exact) mass is 524 g/mol. The molecule has 1 amide bonds. The quantitative estimate of drug-likeness (QED) is 0.475. The summed E-state index contributed by atoms with van der Waals surface area (Å²) >= 11 is 0. The van der Waals surface area contributed by atoms with Crippen molar-refractivity contribution < 1.29 is 9.53 Å². The molecule has 1 aromatic heterocycles. The zero-order valence-corrected chi connectivity index (χ0v) is 22.4. The molecular weight excluding hydrogens is 488 g/mol. The molecule has 1 aliphatic carbocycles. The van der Waals surface area contributed by atoms with Gasteiger partial charge in [-0.15, -0.1) is 0 Å². The number of benzene rings is 2. The summed E-state index contributed by atoms with van der Waals surface area (Å²) in [5.74, 6) is 0.938. The fourth-order valence-corrected chi connectivity index (χ4v) is 6.15. The van der Waals surface area contributed by atoms with Gasteiger partial charge in [-0.3, -0.25) is 4.79 Å². The summed E-state index contributed by atoms with van der Waals surface area (Å²) in [4.78, 5) is 28.8. The number of ether oxygens (including phenoxy) is 1. The van der Waals surface area contributed by atoms with Crippen LogP contribution in [0, 0.1) is 0 Å². The maximum absolute atomic E-state index is 12.1. The summed E-state index contributed by atoms with van der Waals surface area (Å²) in [5.41, 5.74) is 13.0. The number of nitrogens with zero attached hydrogens (tertiary/aromatic N) is 5. The molecule has 0 unspecified atom stereocenters. The van der Waals surface area contributed by atoms with Gasteiger partial charge >= 0.3 is 6.01 Å². The number of fused-ring (bicyclic) bond motifs is 2. The van der Waals surface area contributed by atoms with Gasteiger partial charge in [-0.05, 0) is 48.1 Å². The van der Waals surface area contributed by atoms with Crippen LogP contribution in [0.25, 0.3) is 0 Å². The number of hydrogen-bond acceptors (Lipinski definition) is 7. The third kappa shape index (κ3) is 5.21. The van der Waals surface area contributed by atoms with E-state index < -0.39 is 0 Å². The molecule has 3 aromatic rings. The predicted molar refractivity (Wildman–Crippen MR) is 153 cm³/mol. The van der Waals surface area contributed by atoms with Crippen molar-refractivity contribution in [3.8, 4) is 6.01 Å². The Hall–Kier alpha value is -3.91. The Balaban J connectivity index is 1.27. The molecule has 1 atom stereocenters. The van der Waals surface area contributed by atoms with Crippen molar-refractivity contribution in [3.05, 3.63) is 89.1 Å². The number of aromatic nitrogens is 2. The molecule has 6 rings (SSSR count). The largest absolute Gasteiger partial charge is 0.459 e. The average molecular weight is 525 g/mol. The number of nitrogens with two attached hydrogens (primary N) is 1. The third-order valence-electron chi connectivity index (χ3n) is 8.23. The molecule has 3 aliphatic rings. The van der Waals surface area contributed by atoms with E-state index in [1.807, 2.05) is 23.1 Å². The minimum atomic E-state index is -0.0168. The maximum Gasteiger partial charge on any atom is 0.318 e. The van der Waals surface area contributed by atoms with E-state index in [1.165, 1.54) is 22.9 Å². The van der Waals surface area contributed by atoms with E-state index in [2.05, 4.69) is 46.7 Å². The lowest BCUT2D eigenvalue weighted by Gasteiger charge is -2.38. The number of carbonyl (C=O) groups is 1. The van der Waals surface area contributed by atoms with Gasteiger partial charge in [0, 0.05) is 63.0 Å². The molecule has 8 heteroatoms. The predicted octanol–water partition coefficient (Wildman–Crippen LogP) is 3.27. The van der Waals surface area contributed by atoms with E-state index in [1.54, 1.807) is 0 Å². The van der Waals surface area contributed by atoms with E-state index in [-0.39, 0.29) is 5.91 Å². The second-order valence-corrected chi connectivity index (χ2v) is 10.6. The highest BCUT2D eigenvalue weighted by molar-refractivity contribution is 5.87. The molecule has 0 radical (unpaired) electrons. The van der Waals surface area contributed by atoms with Crippen LogP contribution >= 0.6 is 0 Å². The lowest BCUT2D eigenvalue weighted by molar-refractivity contribution is -0.126. The number of hydrogen-bond donors (Lipinski definition) is 1. The zero-order chi connectivity index (χ0) is 26.8. The Morgan fingerprint density at radius 2 is 1.85 bits per heavy atom. The van der Waals surface area contributed by atoms with Gasteiger partial charge in [0.15, 0.2) is 0 Å². The molecule has 0 spiro atoms. The van der Waals surface area contributed by atoms with Gasteiger partial charge in [0.1, 0.15) is 12.4 Å². The summed E-state index contributed by atoms with van der Waals surface area (Å²) in [6.45, 7) is 8.33. The summed E-state index contributed by atoms with van der Waals surface area (Å²) in [5, 5.41) is 0. The lowest BCUT2D eigenvalue weighted by Crippen LogP contribution is -2.49. The maximum atomic E-state index is 12.1. The molecule has 2 aromatic carbocycles. The molecule has 8 nitrogen and oxygen atoms in total. The smallest absolute Gasteiger partial charge is 0.318 e. The van der Waals surface area contributed by atoms with Gasteiger partial charge in [-0.25, -0.2) is 0 Å². The van der Waals surface area contributed by atoms with E-state index >= 15 is 0 Å². The van der Waals surface area contributed by atoms with E-state index in [0.717, 1.165) is 68.0 Å². The molecule has 0 bridgehead atoms. The van der Waals surface area contributed by atoms with Crippen molar-refractivity contribution in [3.63, 3.8) is 0 Å². The van der Waals surface area contributed by atoms with E-state index in [9.17, 15) is 4.79 Å². The van der Waals surface area contributed by atoms with Crippen LogP contribution in [-0.4, -0.2) is 59.5 Å². The molecule has 0 saturated carbocycles. The van der Waals surface area contributed by atoms with Crippen molar-refractivity contribution in [2.45, 2.75) is 44.9 Å². The highest BCUT2D eigenvalue weighted by Crippen LogP contribution is 2.36. The van der Waals surface area contributed by atoms with Crippen LogP contribution in [0.4, 0.5) is 11.5 Å². The van der Waals surface area contributed by atoms with Crippen molar-refractivity contribution in [1.82, 2.24) is 14.9 Å². The molecule has 2 aliphatic heterocycles. The average Bonchev–Trinajstić information content (AvgIpc) is 3.43. The Labute approximate surface area is 230 Å². The Morgan fingerprint density at radius 3 is 2.67 bits per heavy atom. The first-order valence-electron chi connectivity index (χ1n) is 13.9. The molecular formula is C31H36N6O2. The number of para-hydroxylation sites is 1. The zero-order valence-electron chi connectivity index (χ0n) is 22.4. The lowest BCUT2D eigenvalue weighted by atomic mass is 9.90. The fraction of sp³-hybridized carbons (Fsp3) is 0.387.